The molecule has 2 aromatic rings. The maximum Gasteiger partial charge on any atom is 0.274 e. The van der Waals surface area contributed by atoms with E-state index < -0.39 is 0 Å². The molecule has 20 heavy (non-hydrogen) atoms. The van der Waals surface area contributed by atoms with Crippen molar-refractivity contribution in [3.63, 3.8) is 0 Å². The van der Waals surface area contributed by atoms with Crippen molar-refractivity contribution >= 4 is 5.91 Å². The van der Waals surface area contributed by atoms with Gasteiger partial charge in [0.15, 0.2) is 0 Å². The smallest absolute Gasteiger partial charge is 0.274 e. The standard InChI is InChI=1S/C13H16N6O/c1-10-5-16-12(6-15-10)13(20)18-4-2-3-11(7-18)19-9-14-8-17-19/h5-6,8-9,11H,2-4,7H2,1H3/t11-/m0/s1. The maximum absolute atomic E-state index is 12.4. The molecule has 7 nitrogen and oxygen atoms in total. The molecular weight excluding hydrogens is 256 g/mol. The minimum Gasteiger partial charge on any atom is -0.335 e. The average molecular weight is 272 g/mol. The minimum atomic E-state index is -0.0673. The second-order valence-corrected chi connectivity index (χ2v) is 4.97. The number of nitrogens with zero attached hydrogens (tertiary/aromatic N) is 6. The fourth-order valence-electron chi connectivity index (χ4n) is 2.43. The number of hydrogen-bond donors (Lipinski definition) is 0. The van der Waals surface area contributed by atoms with E-state index >= 15 is 0 Å². The Morgan fingerprint density at radius 1 is 1.35 bits per heavy atom. The first kappa shape index (κ1) is 12.7. The van der Waals surface area contributed by atoms with Crippen LogP contribution >= 0.6 is 0 Å². The summed E-state index contributed by atoms with van der Waals surface area (Å²) in [5.74, 6) is -0.0673. The molecule has 1 fully saturated rings. The Morgan fingerprint density at radius 2 is 2.25 bits per heavy atom. The fraction of sp³-hybridized carbons (Fsp3) is 0.462. The normalized spacial score (nSPS) is 19.1. The number of aromatic nitrogens is 5. The first-order valence-electron chi connectivity index (χ1n) is 6.66. The van der Waals surface area contributed by atoms with Crippen LogP contribution in [-0.4, -0.2) is 48.6 Å². The van der Waals surface area contributed by atoms with E-state index in [0.29, 0.717) is 12.2 Å². The highest BCUT2D eigenvalue weighted by atomic mass is 16.2. The number of aryl methyl sites for hydroxylation is 1. The van der Waals surface area contributed by atoms with E-state index in [1.165, 1.54) is 12.5 Å². The van der Waals surface area contributed by atoms with Gasteiger partial charge in [-0.2, -0.15) is 5.10 Å². The highest BCUT2D eigenvalue weighted by Crippen LogP contribution is 2.21. The van der Waals surface area contributed by atoms with Gasteiger partial charge in [0.2, 0.25) is 0 Å². The minimum absolute atomic E-state index is 0.0673. The summed E-state index contributed by atoms with van der Waals surface area (Å²) in [4.78, 5) is 26.5. The molecule has 3 rings (SSSR count). The van der Waals surface area contributed by atoms with Crippen molar-refractivity contribution < 1.29 is 4.79 Å². The first-order valence-corrected chi connectivity index (χ1v) is 6.66. The third kappa shape index (κ3) is 2.52. The number of rotatable bonds is 2. The van der Waals surface area contributed by atoms with Crippen LogP contribution in [-0.2, 0) is 0 Å². The van der Waals surface area contributed by atoms with E-state index in [4.69, 9.17) is 0 Å². The summed E-state index contributed by atoms with van der Waals surface area (Å²) in [7, 11) is 0. The Bertz CT molecular complexity index is 579. The highest BCUT2D eigenvalue weighted by Gasteiger charge is 2.26. The zero-order chi connectivity index (χ0) is 13.9. The SMILES string of the molecule is Cc1cnc(C(=O)N2CCC[C@H](n3cncn3)C2)cn1. The van der Waals surface area contributed by atoms with Crippen LogP contribution in [0.2, 0.25) is 0 Å². The van der Waals surface area contributed by atoms with Gasteiger partial charge in [-0.3, -0.25) is 9.78 Å². The van der Waals surface area contributed by atoms with E-state index in [2.05, 4.69) is 20.1 Å². The lowest BCUT2D eigenvalue weighted by Gasteiger charge is -2.32. The van der Waals surface area contributed by atoms with Crippen molar-refractivity contribution in [3.05, 3.63) is 36.4 Å². The molecule has 0 N–H and O–H groups in total. The lowest BCUT2D eigenvalue weighted by molar-refractivity contribution is 0.0666. The summed E-state index contributed by atoms with van der Waals surface area (Å²) in [6.45, 7) is 3.24. The molecule has 0 spiro atoms. The Labute approximate surface area is 116 Å². The molecule has 0 aromatic carbocycles. The maximum atomic E-state index is 12.4. The third-order valence-corrected chi connectivity index (χ3v) is 3.49. The van der Waals surface area contributed by atoms with Crippen molar-refractivity contribution in [1.29, 1.82) is 0 Å². The number of carbonyl (C=O) groups is 1. The number of piperidine rings is 1. The van der Waals surface area contributed by atoms with Crippen LogP contribution in [0.4, 0.5) is 0 Å². The van der Waals surface area contributed by atoms with Gasteiger partial charge in [-0.1, -0.05) is 0 Å². The molecule has 7 heteroatoms. The van der Waals surface area contributed by atoms with Crippen LogP contribution in [0.1, 0.15) is 35.1 Å². The second-order valence-electron chi connectivity index (χ2n) is 4.97. The van der Waals surface area contributed by atoms with Crippen molar-refractivity contribution in [1.82, 2.24) is 29.6 Å². The summed E-state index contributed by atoms with van der Waals surface area (Å²) < 4.78 is 1.82. The van der Waals surface area contributed by atoms with Crippen molar-refractivity contribution in [2.24, 2.45) is 0 Å². The van der Waals surface area contributed by atoms with E-state index in [9.17, 15) is 4.79 Å². The first-order chi connectivity index (χ1) is 9.74. The van der Waals surface area contributed by atoms with Crippen LogP contribution in [0.3, 0.4) is 0 Å². The Hall–Kier alpha value is -2.31. The molecule has 0 bridgehead atoms. The topological polar surface area (TPSA) is 76.8 Å². The zero-order valence-electron chi connectivity index (χ0n) is 11.3. The molecule has 1 saturated heterocycles. The molecule has 0 unspecified atom stereocenters. The molecular formula is C13H16N6O. The van der Waals surface area contributed by atoms with E-state index in [-0.39, 0.29) is 11.9 Å². The number of carbonyl (C=O) groups excluding carboxylic acids is 1. The van der Waals surface area contributed by atoms with Crippen LogP contribution in [0.15, 0.2) is 25.0 Å². The Balaban J connectivity index is 1.73. The molecule has 0 radical (unpaired) electrons. The van der Waals surface area contributed by atoms with E-state index in [0.717, 1.165) is 25.1 Å². The average Bonchev–Trinajstić information content (AvgIpc) is 3.02. The molecule has 1 amide bonds. The molecule has 1 atom stereocenters. The molecule has 1 aliphatic heterocycles. The predicted octanol–water partition coefficient (Wildman–Crippen LogP) is 0.854. The summed E-state index contributed by atoms with van der Waals surface area (Å²) in [6, 6.07) is 0.189. The summed E-state index contributed by atoms with van der Waals surface area (Å²) in [6.07, 6.45) is 8.33. The second kappa shape index (κ2) is 5.36. The monoisotopic (exact) mass is 272 g/mol. The van der Waals surface area contributed by atoms with Gasteiger partial charge in [0.05, 0.1) is 17.9 Å². The molecule has 0 saturated carbocycles. The van der Waals surface area contributed by atoms with Gasteiger partial charge < -0.3 is 4.90 Å². The largest absolute Gasteiger partial charge is 0.335 e. The zero-order valence-corrected chi connectivity index (χ0v) is 11.3. The van der Waals surface area contributed by atoms with Crippen LogP contribution in [0.5, 0.6) is 0 Å². The molecule has 0 aliphatic carbocycles. The van der Waals surface area contributed by atoms with E-state index in [1.807, 2.05) is 16.5 Å². The lowest BCUT2D eigenvalue weighted by atomic mass is 10.1. The quantitative estimate of drug-likeness (QED) is 0.810. The molecule has 104 valence electrons. The van der Waals surface area contributed by atoms with Crippen LogP contribution in [0.25, 0.3) is 0 Å². The fourth-order valence-corrected chi connectivity index (χ4v) is 2.43. The summed E-state index contributed by atoms with van der Waals surface area (Å²) >= 11 is 0. The van der Waals surface area contributed by atoms with Gasteiger partial charge in [0.1, 0.15) is 18.3 Å². The Morgan fingerprint density at radius 3 is 2.95 bits per heavy atom. The van der Waals surface area contributed by atoms with Gasteiger partial charge >= 0.3 is 0 Å². The van der Waals surface area contributed by atoms with Crippen molar-refractivity contribution in [3.8, 4) is 0 Å². The highest BCUT2D eigenvalue weighted by molar-refractivity contribution is 5.92. The van der Waals surface area contributed by atoms with Crippen LogP contribution < -0.4 is 0 Å². The third-order valence-electron chi connectivity index (χ3n) is 3.49. The number of amides is 1. The Kier molecular flexibility index (Phi) is 3.41. The lowest BCUT2D eigenvalue weighted by Crippen LogP contribution is -2.41. The number of hydrogen-bond acceptors (Lipinski definition) is 5. The number of likely N-dealkylation sites (tertiary alicyclic amines) is 1. The van der Waals surface area contributed by atoms with Crippen molar-refractivity contribution in [2.75, 3.05) is 13.1 Å². The van der Waals surface area contributed by atoms with Gasteiger partial charge in [-0.15, -0.1) is 0 Å². The van der Waals surface area contributed by atoms with Gasteiger partial charge in [-0.25, -0.2) is 14.6 Å². The molecule has 3 heterocycles. The molecule has 2 aromatic heterocycles. The molecule has 1 aliphatic rings. The van der Waals surface area contributed by atoms with Crippen molar-refractivity contribution in [2.45, 2.75) is 25.8 Å². The van der Waals surface area contributed by atoms with Gasteiger partial charge in [-0.05, 0) is 19.8 Å². The van der Waals surface area contributed by atoms with Crippen LogP contribution in [0, 0.1) is 6.92 Å². The predicted molar refractivity (Wildman–Crippen MR) is 71.0 cm³/mol. The summed E-state index contributed by atoms with van der Waals surface area (Å²) in [5, 5.41) is 4.16. The van der Waals surface area contributed by atoms with Gasteiger partial charge in [0, 0.05) is 19.3 Å². The summed E-state index contributed by atoms with van der Waals surface area (Å²) in [5.41, 5.74) is 1.20. The van der Waals surface area contributed by atoms with E-state index in [1.54, 1.807) is 12.5 Å². The van der Waals surface area contributed by atoms with Gasteiger partial charge in [0.25, 0.3) is 5.91 Å².